The van der Waals surface area contributed by atoms with Gasteiger partial charge in [-0.2, -0.15) is 5.26 Å². The summed E-state index contributed by atoms with van der Waals surface area (Å²) in [4.78, 5) is 47.2. The zero-order chi connectivity index (χ0) is 26.1. The number of carbonyl (C=O) groups is 2. The van der Waals surface area contributed by atoms with Crippen molar-refractivity contribution in [3.63, 3.8) is 0 Å². The van der Waals surface area contributed by atoms with Crippen LogP contribution in [0.4, 0.5) is 5.95 Å². The number of hydrogen-bond donors (Lipinski definition) is 2. The number of carboxylic acids is 1. The number of likely N-dealkylation sites (tertiary alicyclic amines) is 1. The fraction of sp³-hybridized carbons (Fsp3) is 0.423. The number of nitrogens with zero attached hydrogens (tertiary/aromatic N) is 5. The van der Waals surface area contributed by atoms with Gasteiger partial charge in [-0.25, -0.2) is 4.98 Å². The van der Waals surface area contributed by atoms with Crippen LogP contribution >= 0.6 is 11.3 Å². The molecule has 1 amide bonds. The van der Waals surface area contributed by atoms with E-state index in [0.717, 1.165) is 24.2 Å². The zero-order valence-corrected chi connectivity index (χ0v) is 21.1. The third kappa shape index (κ3) is 4.95. The molecule has 2 aliphatic rings. The number of aromatic nitrogens is 2. The van der Waals surface area contributed by atoms with Crippen LogP contribution < -0.4 is 16.2 Å². The lowest BCUT2D eigenvalue weighted by atomic mass is 9.97. The Bertz CT molecular complexity index is 1450. The summed E-state index contributed by atoms with van der Waals surface area (Å²) in [6.45, 7) is 2.18. The third-order valence-corrected chi connectivity index (χ3v) is 8.26. The molecular formula is C26H28N6O4S. The molecule has 0 saturated carbocycles. The van der Waals surface area contributed by atoms with Crippen LogP contribution in [0.3, 0.4) is 0 Å². The summed E-state index contributed by atoms with van der Waals surface area (Å²) in [5.74, 6) is -0.995. The average Bonchev–Trinajstić information content (AvgIpc) is 3.34. The maximum absolute atomic E-state index is 13.8. The number of aliphatic carboxylic acids is 1. The predicted molar refractivity (Wildman–Crippen MR) is 140 cm³/mol. The van der Waals surface area contributed by atoms with E-state index in [1.807, 2.05) is 17.0 Å². The highest BCUT2D eigenvalue weighted by atomic mass is 32.1. The van der Waals surface area contributed by atoms with Crippen molar-refractivity contribution in [1.29, 1.82) is 5.26 Å². The molecule has 2 aromatic heterocycles. The number of amides is 1. The highest BCUT2D eigenvalue weighted by Crippen LogP contribution is 2.28. The summed E-state index contributed by atoms with van der Waals surface area (Å²) in [5, 5.41) is 18.8. The molecule has 3 N–H and O–H groups in total. The Hall–Kier alpha value is -3.75. The molecule has 1 atom stereocenters. The van der Waals surface area contributed by atoms with Gasteiger partial charge in [-0.1, -0.05) is 18.2 Å². The number of thiophene rings is 1. The van der Waals surface area contributed by atoms with E-state index in [9.17, 15) is 24.8 Å². The molecule has 1 unspecified atom stereocenters. The third-order valence-electron chi connectivity index (χ3n) is 7.16. The second-order valence-corrected chi connectivity index (χ2v) is 10.7. The fourth-order valence-electron chi connectivity index (χ4n) is 5.10. The summed E-state index contributed by atoms with van der Waals surface area (Å²) in [6.07, 6.45) is 2.60. The number of hydrogen-bond acceptors (Lipinski definition) is 8. The van der Waals surface area contributed by atoms with Gasteiger partial charge in [0.2, 0.25) is 5.95 Å². The maximum Gasteiger partial charge on any atom is 0.306 e. The van der Waals surface area contributed by atoms with Crippen molar-refractivity contribution >= 4 is 39.4 Å². The van der Waals surface area contributed by atoms with Gasteiger partial charge in [0.15, 0.2) is 0 Å². The molecule has 0 radical (unpaired) electrons. The molecule has 2 aliphatic heterocycles. The number of rotatable bonds is 5. The molecule has 2 fully saturated rings. The van der Waals surface area contributed by atoms with E-state index < -0.39 is 11.9 Å². The highest BCUT2D eigenvalue weighted by molar-refractivity contribution is 7.20. The first-order chi connectivity index (χ1) is 17.9. The highest BCUT2D eigenvalue weighted by Gasteiger charge is 2.29. The van der Waals surface area contributed by atoms with Crippen LogP contribution in [0.25, 0.3) is 10.2 Å². The molecule has 2 saturated heterocycles. The first-order valence-corrected chi connectivity index (χ1v) is 13.2. The average molecular weight is 521 g/mol. The Morgan fingerprint density at radius 3 is 2.65 bits per heavy atom. The maximum atomic E-state index is 13.8. The van der Waals surface area contributed by atoms with E-state index in [0.29, 0.717) is 71.2 Å². The molecular weight excluding hydrogens is 492 g/mol. The fourth-order valence-corrected chi connectivity index (χ4v) is 6.12. The van der Waals surface area contributed by atoms with E-state index in [2.05, 4.69) is 6.07 Å². The van der Waals surface area contributed by atoms with Gasteiger partial charge in [-0.05, 0) is 43.4 Å². The van der Waals surface area contributed by atoms with Gasteiger partial charge in [-0.3, -0.25) is 19.0 Å². The van der Waals surface area contributed by atoms with Gasteiger partial charge in [0.25, 0.3) is 11.5 Å². The van der Waals surface area contributed by atoms with Crippen LogP contribution in [-0.2, 0) is 11.3 Å². The van der Waals surface area contributed by atoms with Crippen molar-refractivity contribution in [2.24, 2.45) is 11.7 Å². The molecule has 0 bridgehead atoms. The molecule has 1 aromatic carbocycles. The second kappa shape index (κ2) is 10.3. The number of carbonyl (C=O) groups excluding carboxylic acids is 1. The quantitative estimate of drug-likeness (QED) is 0.521. The summed E-state index contributed by atoms with van der Waals surface area (Å²) >= 11 is 1.11. The summed E-state index contributed by atoms with van der Waals surface area (Å²) in [5.41, 5.74) is 7.63. The first kappa shape index (κ1) is 24.9. The van der Waals surface area contributed by atoms with Crippen molar-refractivity contribution < 1.29 is 14.7 Å². The summed E-state index contributed by atoms with van der Waals surface area (Å²) < 4.78 is 1.96. The lowest BCUT2D eigenvalue weighted by Crippen LogP contribution is -2.45. The van der Waals surface area contributed by atoms with Crippen LogP contribution in [0.2, 0.25) is 0 Å². The minimum atomic E-state index is -0.832. The monoisotopic (exact) mass is 520 g/mol. The van der Waals surface area contributed by atoms with Crippen LogP contribution in [0.15, 0.2) is 35.1 Å². The zero-order valence-electron chi connectivity index (χ0n) is 20.3. The molecule has 4 heterocycles. The molecule has 0 spiro atoms. The number of fused-ring (bicyclic) bond motifs is 1. The predicted octanol–water partition coefficient (Wildman–Crippen LogP) is 2.24. The van der Waals surface area contributed by atoms with Gasteiger partial charge in [-0.15, -0.1) is 11.3 Å². The molecule has 0 aliphatic carbocycles. The van der Waals surface area contributed by atoms with Crippen LogP contribution in [0.5, 0.6) is 0 Å². The Morgan fingerprint density at radius 2 is 1.95 bits per heavy atom. The molecule has 37 heavy (non-hydrogen) atoms. The second-order valence-electron chi connectivity index (χ2n) is 9.65. The van der Waals surface area contributed by atoms with Gasteiger partial charge in [0.05, 0.1) is 34.5 Å². The van der Waals surface area contributed by atoms with Gasteiger partial charge in [0, 0.05) is 32.2 Å². The summed E-state index contributed by atoms with van der Waals surface area (Å²) in [7, 11) is 0. The van der Waals surface area contributed by atoms with Crippen molar-refractivity contribution in [3.05, 3.63) is 56.7 Å². The van der Waals surface area contributed by atoms with Crippen LogP contribution in [0, 0.1) is 17.2 Å². The van der Waals surface area contributed by atoms with Crippen LogP contribution in [0.1, 0.15) is 46.5 Å². The smallest absolute Gasteiger partial charge is 0.306 e. The molecule has 192 valence electrons. The molecule has 11 heteroatoms. The van der Waals surface area contributed by atoms with E-state index in [-0.39, 0.29) is 24.1 Å². The SMILES string of the molecule is N#Cc1ccccc1Cn1c(N2CCCC(N)C2)nc2cc(C(=O)N3CCC(C(=O)O)CC3)sc2c1=O. The van der Waals surface area contributed by atoms with Crippen molar-refractivity contribution in [2.75, 3.05) is 31.1 Å². The Kier molecular flexibility index (Phi) is 6.95. The van der Waals surface area contributed by atoms with E-state index in [1.165, 1.54) is 0 Å². The molecule has 10 nitrogen and oxygen atoms in total. The number of carboxylic acid groups (broad SMARTS) is 1. The van der Waals surface area contributed by atoms with Gasteiger partial charge in [0.1, 0.15) is 4.70 Å². The molecule has 3 aromatic rings. The van der Waals surface area contributed by atoms with Gasteiger partial charge >= 0.3 is 5.97 Å². The first-order valence-electron chi connectivity index (χ1n) is 12.4. The van der Waals surface area contributed by atoms with E-state index in [1.54, 1.807) is 27.7 Å². The van der Waals surface area contributed by atoms with E-state index in [4.69, 9.17) is 10.7 Å². The van der Waals surface area contributed by atoms with Crippen LogP contribution in [-0.4, -0.2) is 63.7 Å². The summed E-state index contributed by atoms with van der Waals surface area (Å²) in [6, 6.07) is 11.0. The Labute approximate surface area is 217 Å². The Balaban J connectivity index is 1.54. The normalized spacial score (nSPS) is 18.6. The standard InChI is InChI=1S/C26H28N6O4S/c27-13-17-4-1-2-5-18(17)14-32-24(34)22-20(29-26(32)31-9-3-6-19(28)15-31)12-21(37-22)23(33)30-10-7-16(8-11-30)25(35)36/h1-2,4-5,12,16,19H,3,6-11,14-15,28H2,(H,35,36). The Morgan fingerprint density at radius 1 is 1.19 bits per heavy atom. The number of anilines is 1. The topological polar surface area (TPSA) is 146 Å². The van der Waals surface area contributed by atoms with Crippen molar-refractivity contribution in [1.82, 2.24) is 14.5 Å². The van der Waals surface area contributed by atoms with Crippen molar-refractivity contribution in [3.8, 4) is 6.07 Å². The lowest BCUT2D eigenvalue weighted by Gasteiger charge is -2.33. The number of benzene rings is 1. The minimum Gasteiger partial charge on any atom is -0.481 e. The minimum absolute atomic E-state index is 0.0328. The van der Waals surface area contributed by atoms with Crippen molar-refractivity contribution in [2.45, 2.75) is 38.3 Å². The lowest BCUT2D eigenvalue weighted by molar-refractivity contribution is -0.143. The van der Waals surface area contributed by atoms with E-state index >= 15 is 0 Å². The van der Waals surface area contributed by atoms with Gasteiger partial charge < -0.3 is 20.6 Å². The number of piperidine rings is 2. The largest absolute Gasteiger partial charge is 0.481 e. The number of nitriles is 1. The molecule has 5 rings (SSSR count). The number of nitrogens with two attached hydrogens (primary N) is 1.